The zero-order valence-corrected chi connectivity index (χ0v) is 14.9. The molecule has 0 saturated heterocycles. The van der Waals surface area contributed by atoms with E-state index in [2.05, 4.69) is 30.1 Å². The second-order valence-corrected chi connectivity index (χ2v) is 8.64. The summed E-state index contributed by atoms with van der Waals surface area (Å²) in [5.41, 5.74) is 3.08. The molecule has 0 aromatic carbocycles. The van der Waals surface area contributed by atoms with Crippen LogP contribution in [-0.2, 0) is 4.79 Å². The Bertz CT molecular complexity index is 671. The summed E-state index contributed by atoms with van der Waals surface area (Å²) < 4.78 is 0. The minimum atomic E-state index is 0.190. The van der Waals surface area contributed by atoms with Crippen LogP contribution in [0.1, 0.15) is 58.8 Å². The Morgan fingerprint density at radius 2 is 2.00 bits per heavy atom. The number of allylic oxidation sites excluding steroid dienone is 4. The lowest BCUT2D eigenvalue weighted by molar-refractivity contribution is -0.117. The van der Waals surface area contributed by atoms with Crippen molar-refractivity contribution in [1.29, 1.82) is 0 Å². The van der Waals surface area contributed by atoms with Gasteiger partial charge in [0, 0.05) is 11.8 Å². The van der Waals surface area contributed by atoms with Crippen molar-refractivity contribution in [1.82, 2.24) is 0 Å². The van der Waals surface area contributed by atoms with E-state index >= 15 is 0 Å². The minimum Gasteiger partial charge on any atom is -0.295 e. The third kappa shape index (κ3) is 2.09. The van der Waals surface area contributed by atoms with Crippen molar-refractivity contribution in [3.63, 3.8) is 0 Å². The quantitative estimate of drug-likeness (QED) is 0.494. The number of nitrogens with zero attached hydrogens (tertiary/aromatic N) is 1. The van der Waals surface area contributed by atoms with Gasteiger partial charge in [-0.25, -0.2) is 0 Å². The van der Waals surface area contributed by atoms with Gasteiger partial charge in [-0.3, -0.25) is 4.79 Å². The summed E-state index contributed by atoms with van der Waals surface area (Å²) in [6.07, 6.45) is 12.0. The maximum Gasteiger partial charge on any atom is 0.155 e. The first-order valence-corrected chi connectivity index (χ1v) is 9.42. The Kier molecular flexibility index (Phi) is 3.52. The van der Waals surface area contributed by atoms with Gasteiger partial charge in [-0.05, 0) is 80.0 Å². The fourth-order valence-electron chi connectivity index (χ4n) is 6.33. The molecular formula is C20H25NOS. The zero-order valence-electron chi connectivity index (χ0n) is 14.1. The molecular weight excluding hydrogens is 302 g/mol. The van der Waals surface area contributed by atoms with E-state index < -0.39 is 0 Å². The smallest absolute Gasteiger partial charge is 0.155 e. The van der Waals surface area contributed by atoms with Crippen LogP contribution in [0.2, 0.25) is 0 Å². The van der Waals surface area contributed by atoms with Crippen LogP contribution in [-0.4, -0.2) is 10.9 Å². The van der Waals surface area contributed by atoms with Crippen molar-refractivity contribution in [3.05, 3.63) is 23.4 Å². The topological polar surface area (TPSA) is 29.4 Å². The first kappa shape index (κ1) is 15.5. The van der Waals surface area contributed by atoms with Crippen LogP contribution in [0.25, 0.3) is 0 Å². The molecule has 2 nitrogen and oxygen atoms in total. The second-order valence-electron chi connectivity index (χ2n) is 8.45. The maximum atomic E-state index is 11.9. The van der Waals surface area contributed by atoms with Crippen molar-refractivity contribution in [2.24, 2.45) is 33.6 Å². The summed E-state index contributed by atoms with van der Waals surface area (Å²) >= 11 is 4.86. The molecule has 0 aromatic heterocycles. The third-order valence-electron chi connectivity index (χ3n) is 7.67. The van der Waals surface area contributed by atoms with E-state index in [1.807, 2.05) is 6.08 Å². The Balaban J connectivity index is 1.68. The highest BCUT2D eigenvalue weighted by atomic mass is 32.1. The first-order valence-electron chi connectivity index (χ1n) is 9.01. The predicted octanol–water partition coefficient (Wildman–Crippen LogP) is 5.11. The minimum absolute atomic E-state index is 0.190. The molecule has 0 spiro atoms. The normalized spacial score (nSPS) is 45.1. The van der Waals surface area contributed by atoms with E-state index in [1.165, 1.54) is 30.5 Å². The molecule has 0 N–H and O–H groups in total. The van der Waals surface area contributed by atoms with Crippen LogP contribution in [0.4, 0.5) is 0 Å². The summed E-state index contributed by atoms with van der Waals surface area (Å²) in [4.78, 5) is 16.3. The Hall–Kier alpha value is -1.05. The van der Waals surface area contributed by atoms with Gasteiger partial charge in [0.25, 0.3) is 0 Å². The highest BCUT2D eigenvalue weighted by Gasteiger charge is 2.57. The molecule has 3 heteroatoms. The van der Waals surface area contributed by atoms with Gasteiger partial charge in [-0.1, -0.05) is 25.5 Å². The van der Waals surface area contributed by atoms with Crippen molar-refractivity contribution in [2.75, 3.05) is 0 Å². The molecule has 0 heterocycles. The number of thiocarbonyl (C=S) groups is 1. The van der Waals surface area contributed by atoms with Crippen LogP contribution in [0, 0.1) is 28.6 Å². The largest absolute Gasteiger partial charge is 0.295 e. The van der Waals surface area contributed by atoms with Crippen molar-refractivity contribution in [3.8, 4) is 0 Å². The monoisotopic (exact) mass is 327 g/mol. The summed E-state index contributed by atoms with van der Waals surface area (Å²) in [6.45, 7) is 4.82. The van der Waals surface area contributed by atoms with Gasteiger partial charge in [-0.15, -0.1) is 0 Å². The number of hydrogen-bond acceptors (Lipinski definition) is 3. The van der Waals surface area contributed by atoms with Crippen molar-refractivity contribution >= 4 is 23.2 Å². The molecule has 2 saturated carbocycles. The van der Waals surface area contributed by atoms with E-state index in [1.54, 1.807) is 0 Å². The SMILES string of the molecule is C[C@]12CCC(=O)C=C1CCC1[C@H]2CC[C@]2(C)C(N=C=S)=CC[C@H]12. The molecule has 2 fully saturated rings. The number of fused-ring (bicyclic) bond motifs is 5. The van der Waals surface area contributed by atoms with Gasteiger partial charge in [0.1, 0.15) is 0 Å². The highest BCUT2D eigenvalue weighted by Crippen LogP contribution is 2.65. The fourth-order valence-corrected chi connectivity index (χ4v) is 6.42. The van der Waals surface area contributed by atoms with Gasteiger partial charge < -0.3 is 0 Å². The van der Waals surface area contributed by atoms with Crippen molar-refractivity contribution < 1.29 is 4.79 Å². The first-order chi connectivity index (χ1) is 11.0. The Morgan fingerprint density at radius 3 is 2.78 bits per heavy atom. The average molecular weight is 327 g/mol. The summed E-state index contributed by atoms with van der Waals surface area (Å²) in [5, 5.41) is 2.59. The van der Waals surface area contributed by atoms with Crippen LogP contribution in [0.15, 0.2) is 28.4 Å². The van der Waals surface area contributed by atoms with Gasteiger partial charge in [0.15, 0.2) is 5.78 Å². The van der Waals surface area contributed by atoms with Gasteiger partial charge >= 0.3 is 0 Å². The number of hydrogen-bond donors (Lipinski definition) is 0. The lowest BCUT2D eigenvalue weighted by atomic mass is 9.47. The van der Waals surface area contributed by atoms with Crippen molar-refractivity contribution in [2.45, 2.75) is 58.8 Å². The standard InChI is InChI=1S/C20H25NOS/c1-19-9-7-14(22)11-13(19)3-4-15-16-5-6-18(21-12-23)20(16,2)10-8-17(15)19/h6,11,15-17H,3-5,7-10H2,1-2H3/t15?,16-,17-,19+,20+/m1/s1. The molecule has 0 aliphatic heterocycles. The van der Waals surface area contributed by atoms with E-state index in [4.69, 9.17) is 12.2 Å². The van der Waals surface area contributed by atoms with E-state index in [-0.39, 0.29) is 10.8 Å². The Labute approximate surface area is 144 Å². The molecule has 0 amide bonds. The van der Waals surface area contributed by atoms with E-state index in [9.17, 15) is 4.79 Å². The molecule has 0 bridgehead atoms. The van der Waals surface area contributed by atoms with Gasteiger partial charge in [0.2, 0.25) is 0 Å². The van der Waals surface area contributed by atoms with Crippen LogP contribution < -0.4 is 0 Å². The number of aliphatic imine (C=N–C) groups is 1. The molecule has 4 aliphatic carbocycles. The number of isothiocyanates is 1. The molecule has 5 atom stereocenters. The molecule has 0 radical (unpaired) electrons. The van der Waals surface area contributed by atoms with E-state index in [0.717, 1.165) is 37.5 Å². The molecule has 23 heavy (non-hydrogen) atoms. The van der Waals surface area contributed by atoms with Crippen LogP contribution >= 0.6 is 12.2 Å². The lowest BCUT2D eigenvalue weighted by Crippen LogP contribution is -2.49. The molecule has 4 aliphatic rings. The summed E-state index contributed by atoms with van der Waals surface area (Å²) in [7, 11) is 0. The number of ketones is 1. The molecule has 122 valence electrons. The maximum absolute atomic E-state index is 11.9. The summed E-state index contributed by atoms with van der Waals surface area (Å²) in [5.74, 6) is 2.53. The zero-order chi connectivity index (χ0) is 16.2. The Morgan fingerprint density at radius 1 is 1.17 bits per heavy atom. The van der Waals surface area contributed by atoms with Crippen LogP contribution in [0.5, 0.6) is 0 Å². The number of rotatable bonds is 1. The fraction of sp³-hybridized carbons (Fsp3) is 0.700. The average Bonchev–Trinajstić information content (AvgIpc) is 2.85. The molecule has 0 aromatic rings. The molecule has 1 unspecified atom stereocenters. The lowest BCUT2D eigenvalue weighted by Gasteiger charge is -2.57. The molecule has 4 rings (SSSR count). The predicted molar refractivity (Wildman–Crippen MR) is 95.2 cm³/mol. The van der Waals surface area contributed by atoms with Gasteiger partial charge in [0.05, 0.1) is 10.9 Å². The second kappa shape index (κ2) is 5.22. The highest BCUT2D eigenvalue weighted by molar-refractivity contribution is 7.78. The third-order valence-corrected chi connectivity index (χ3v) is 7.76. The van der Waals surface area contributed by atoms with E-state index in [0.29, 0.717) is 11.7 Å². The number of carbonyl (C=O) groups excluding carboxylic acids is 1. The number of carbonyl (C=O) groups is 1. The van der Waals surface area contributed by atoms with Crippen LogP contribution in [0.3, 0.4) is 0 Å². The summed E-state index contributed by atoms with van der Waals surface area (Å²) in [6, 6.07) is 0. The van der Waals surface area contributed by atoms with Gasteiger partial charge in [-0.2, -0.15) is 4.99 Å².